The molecule has 2 unspecified atom stereocenters. The van der Waals surface area contributed by atoms with E-state index < -0.39 is 0 Å². The van der Waals surface area contributed by atoms with Gasteiger partial charge in [-0.3, -0.25) is 0 Å². The predicted octanol–water partition coefficient (Wildman–Crippen LogP) is 1.36. The maximum Gasteiger partial charge on any atom is 0.221 e. The Labute approximate surface area is 108 Å². The number of piperidine rings is 1. The molecule has 1 aliphatic rings. The molecule has 5 heteroatoms. The summed E-state index contributed by atoms with van der Waals surface area (Å²) in [6, 6.07) is 0.315. The van der Waals surface area contributed by atoms with Crippen molar-refractivity contribution in [2.75, 3.05) is 25.1 Å². The normalized spacial score (nSPS) is 24.1. The number of hydrogen-bond donors (Lipinski definition) is 1. The molecule has 18 heavy (non-hydrogen) atoms. The second kappa shape index (κ2) is 5.52. The number of aromatic nitrogens is 2. The standard InChI is InChI=1S/C13H22N4O/c1-4-10-7-17(6-5-11(10)14)12-9(2)13(18-3)16-8-15-12/h8,10-11H,4-7,14H2,1-3H3. The van der Waals surface area contributed by atoms with Crippen molar-refractivity contribution in [2.45, 2.75) is 32.7 Å². The molecule has 1 aromatic heterocycles. The van der Waals surface area contributed by atoms with Crippen molar-refractivity contribution in [1.82, 2.24) is 9.97 Å². The largest absolute Gasteiger partial charge is 0.481 e. The number of nitrogens with zero attached hydrogens (tertiary/aromatic N) is 3. The van der Waals surface area contributed by atoms with Gasteiger partial charge in [-0.2, -0.15) is 0 Å². The second-order valence-corrected chi connectivity index (χ2v) is 4.90. The van der Waals surface area contributed by atoms with Gasteiger partial charge in [-0.1, -0.05) is 13.3 Å². The summed E-state index contributed by atoms with van der Waals surface area (Å²) in [6.45, 7) is 6.13. The first-order chi connectivity index (χ1) is 8.67. The van der Waals surface area contributed by atoms with Gasteiger partial charge in [0.05, 0.1) is 12.7 Å². The Bertz CT molecular complexity index is 410. The van der Waals surface area contributed by atoms with E-state index >= 15 is 0 Å². The molecule has 2 N–H and O–H groups in total. The summed E-state index contributed by atoms with van der Waals surface area (Å²) in [4.78, 5) is 10.8. The highest BCUT2D eigenvalue weighted by molar-refractivity contribution is 5.50. The van der Waals surface area contributed by atoms with E-state index in [-0.39, 0.29) is 0 Å². The third-order valence-corrected chi connectivity index (χ3v) is 3.82. The molecular weight excluding hydrogens is 228 g/mol. The first kappa shape index (κ1) is 13.1. The lowest BCUT2D eigenvalue weighted by Gasteiger charge is -2.37. The molecule has 0 amide bonds. The van der Waals surface area contributed by atoms with Crippen LogP contribution in [0, 0.1) is 12.8 Å². The van der Waals surface area contributed by atoms with Crippen molar-refractivity contribution in [3.8, 4) is 5.88 Å². The van der Waals surface area contributed by atoms with Crippen LogP contribution in [0.1, 0.15) is 25.3 Å². The number of rotatable bonds is 3. The Morgan fingerprint density at radius 2 is 2.28 bits per heavy atom. The van der Waals surface area contributed by atoms with Crippen LogP contribution >= 0.6 is 0 Å². The first-order valence-electron chi connectivity index (χ1n) is 6.53. The van der Waals surface area contributed by atoms with Crippen molar-refractivity contribution < 1.29 is 4.74 Å². The molecular formula is C13H22N4O. The molecule has 5 nitrogen and oxygen atoms in total. The minimum Gasteiger partial charge on any atom is -0.481 e. The maximum atomic E-state index is 6.14. The number of hydrogen-bond acceptors (Lipinski definition) is 5. The molecule has 100 valence electrons. The van der Waals surface area contributed by atoms with E-state index in [4.69, 9.17) is 10.5 Å². The average Bonchev–Trinajstić information content (AvgIpc) is 2.40. The SMILES string of the molecule is CCC1CN(c2ncnc(OC)c2C)CCC1N. The van der Waals surface area contributed by atoms with E-state index in [0.29, 0.717) is 17.8 Å². The Kier molecular flexibility index (Phi) is 4.01. The molecule has 0 radical (unpaired) electrons. The van der Waals surface area contributed by atoms with E-state index in [1.165, 1.54) is 0 Å². The van der Waals surface area contributed by atoms with Crippen LogP contribution in [-0.4, -0.2) is 36.2 Å². The van der Waals surface area contributed by atoms with Gasteiger partial charge in [0.1, 0.15) is 12.1 Å². The van der Waals surface area contributed by atoms with Crippen molar-refractivity contribution in [2.24, 2.45) is 11.7 Å². The van der Waals surface area contributed by atoms with Crippen LogP contribution in [0.15, 0.2) is 6.33 Å². The predicted molar refractivity (Wildman–Crippen MR) is 71.9 cm³/mol. The molecule has 2 rings (SSSR count). The van der Waals surface area contributed by atoms with E-state index in [1.54, 1.807) is 13.4 Å². The van der Waals surface area contributed by atoms with E-state index in [0.717, 1.165) is 37.3 Å². The Balaban J connectivity index is 2.21. The number of nitrogens with two attached hydrogens (primary N) is 1. The summed E-state index contributed by atoms with van der Waals surface area (Å²) in [7, 11) is 1.64. The Morgan fingerprint density at radius 3 is 2.94 bits per heavy atom. The topological polar surface area (TPSA) is 64.3 Å². The number of anilines is 1. The number of ether oxygens (including phenoxy) is 1. The third kappa shape index (κ3) is 2.41. The van der Waals surface area contributed by atoms with Gasteiger partial charge >= 0.3 is 0 Å². The first-order valence-corrected chi connectivity index (χ1v) is 6.53. The quantitative estimate of drug-likeness (QED) is 0.877. The van der Waals surface area contributed by atoms with Gasteiger partial charge in [-0.15, -0.1) is 0 Å². The molecule has 0 saturated carbocycles. The lowest BCUT2D eigenvalue weighted by molar-refractivity contribution is 0.345. The summed E-state index contributed by atoms with van der Waals surface area (Å²) in [5.41, 5.74) is 7.14. The van der Waals surface area contributed by atoms with Crippen molar-refractivity contribution in [3.05, 3.63) is 11.9 Å². The van der Waals surface area contributed by atoms with Crippen LogP contribution in [0.25, 0.3) is 0 Å². The van der Waals surface area contributed by atoms with Crippen LogP contribution < -0.4 is 15.4 Å². The Morgan fingerprint density at radius 1 is 1.50 bits per heavy atom. The average molecular weight is 250 g/mol. The smallest absolute Gasteiger partial charge is 0.221 e. The summed E-state index contributed by atoms with van der Waals surface area (Å²) in [5, 5.41) is 0. The lowest BCUT2D eigenvalue weighted by atomic mass is 9.90. The van der Waals surface area contributed by atoms with Crippen LogP contribution in [0.3, 0.4) is 0 Å². The van der Waals surface area contributed by atoms with Gasteiger partial charge < -0.3 is 15.4 Å². The van der Waals surface area contributed by atoms with Crippen LogP contribution in [-0.2, 0) is 0 Å². The van der Waals surface area contributed by atoms with Gasteiger partial charge in [0.15, 0.2) is 0 Å². The summed E-state index contributed by atoms with van der Waals surface area (Å²) < 4.78 is 5.25. The van der Waals surface area contributed by atoms with Gasteiger partial charge in [0, 0.05) is 19.1 Å². The second-order valence-electron chi connectivity index (χ2n) is 4.90. The van der Waals surface area contributed by atoms with E-state index in [2.05, 4.69) is 21.8 Å². The summed E-state index contributed by atoms with van der Waals surface area (Å²) in [5.74, 6) is 2.18. The fourth-order valence-corrected chi connectivity index (χ4v) is 2.62. The zero-order chi connectivity index (χ0) is 13.1. The van der Waals surface area contributed by atoms with Crippen molar-refractivity contribution in [3.63, 3.8) is 0 Å². The molecule has 1 aliphatic heterocycles. The van der Waals surface area contributed by atoms with Gasteiger partial charge in [-0.25, -0.2) is 9.97 Å². The Hall–Kier alpha value is -1.36. The fraction of sp³-hybridized carbons (Fsp3) is 0.692. The molecule has 0 aliphatic carbocycles. The third-order valence-electron chi connectivity index (χ3n) is 3.82. The molecule has 0 aromatic carbocycles. The molecule has 1 fully saturated rings. The lowest BCUT2D eigenvalue weighted by Crippen LogP contribution is -2.47. The highest BCUT2D eigenvalue weighted by Gasteiger charge is 2.27. The van der Waals surface area contributed by atoms with Gasteiger partial charge in [0.25, 0.3) is 0 Å². The summed E-state index contributed by atoms with van der Waals surface area (Å²) >= 11 is 0. The maximum absolute atomic E-state index is 6.14. The van der Waals surface area contributed by atoms with E-state index in [9.17, 15) is 0 Å². The van der Waals surface area contributed by atoms with Crippen molar-refractivity contribution >= 4 is 5.82 Å². The van der Waals surface area contributed by atoms with Crippen molar-refractivity contribution in [1.29, 1.82) is 0 Å². The van der Waals surface area contributed by atoms with Crippen LogP contribution in [0.4, 0.5) is 5.82 Å². The highest BCUT2D eigenvalue weighted by atomic mass is 16.5. The zero-order valence-corrected chi connectivity index (χ0v) is 11.4. The van der Waals surface area contributed by atoms with Crippen LogP contribution in [0.5, 0.6) is 5.88 Å². The van der Waals surface area contributed by atoms with E-state index in [1.807, 2.05) is 6.92 Å². The van der Waals surface area contributed by atoms with Gasteiger partial charge in [0.2, 0.25) is 5.88 Å². The molecule has 0 bridgehead atoms. The van der Waals surface area contributed by atoms with Gasteiger partial charge in [-0.05, 0) is 19.3 Å². The molecule has 1 saturated heterocycles. The highest BCUT2D eigenvalue weighted by Crippen LogP contribution is 2.28. The summed E-state index contributed by atoms with van der Waals surface area (Å²) in [6.07, 6.45) is 3.69. The molecule has 2 heterocycles. The molecule has 1 aromatic rings. The molecule has 2 atom stereocenters. The fourth-order valence-electron chi connectivity index (χ4n) is 2.62. The number of methoxy groups -OCH3 is 1. The minimum absolute atomic E-state index is 0.315. The zero-order valence-electron chi connectivity index (χ0n) is 11.4. The monoisotopic (exact) mass is 250 g/mol. The van der Waals surface area contributed by atoms with Crippen LogP contribution in [0.2, 0.25) is 0 Å². The minimum atomic E-state index is 0.315. The molecule has 0 spiro atoms.